The van der Waals surface area contributed by atoms with E-state index >= 15 is 0 Å². The smallest absolute Gasteiger partial charge is 0.200 e. The van der Waals surface area contributed by atoms with Crippen molar-refractivity contribution in [1.29, 1.82) is 0 Å². The van der Waals surface area contributed by atoms with Crippen LogP contribution in [-0.4, -0.2) is 5.78 Å². The van der Waals surface area contributed by atoms with E-state index in [0.717, 1.165) is 32.2 Å². The summed E-state index contributed by atoms with van der Waals surface area (Å²) < 4.78 is 5.86. The zero-order chi connectivity index (χ0) is 17.9. The van der Waals surface area contributed by atoms with E-state index in [0.29, 0.717) is 11.6 Å². The third-order valence-electron chi connectivity index (χ3n) is 4.05. The average molecular weight is 379 g/mol. The molecule has 1 aliphatic heterocycles. The van der Waals surface area contributed by atoms with Crippen LogP contribution >= 0.6 is 23.4 Å². The second-order valence-corrected chi connectivity index (χ2v) is 7.44. The van der Waals surface area contributed by atoms with Gasteiger partial charge in [-0.15, -0.1) is 0 Å². The lowest BCUT2D eigenvalue weighted by molar-refractivity contribution is 0.104. The molecule has 0 aliphatic carbocycles. The molecule has 3 aromatic carbocycles. The topological polar surface area (TPSA) is 26.3 Å². The summed E-state index contributed by atoms with van der Waals surface area (Å²) in [5.41, 5.74) is 2.77. The van der Waals surface area contributed by atoms with Crippen molar-refractivity contribution in [2.24, 2.45) is 0 Å². The van der Waals surface area contributed by atoms with Gasteiger partial charge in [-0.25, -0.2) is 0 Å². The molecule has 1 heterocycles. The maximum Gasteiger partial charge on any atom is 0.200 e. The van der Waals surface area contributed by atoms with Gasteiger partial charge in [0.2, 0.25) is 5.78 Å². The molecule has 26 heavy (non-hydrogen) atoms. The standard InChI is InChI=1S/C22H15ClO2S/c23-17-10-8-15(9-11-17)14-25-18-5-3-4-16(12-18)13-21-22(24)19-6-1-2-7-20(19)26-21/h1-13H,14H2/b21-13-. The molecule has 0 fully saturated rings. The summed E-state index contributed by atoms with van der Waals surface area (Å²) in [4.78, 5) is 14.2. The largest absolute Gasteiger partial charge is 0.489 e. The third-order valence-corrected chi connectivity index (χ3v) is 5.40. The minimum Gasteiger partial charge on any atom is -0.489 e. The van der Waals surface area contributed by atoms with Gasteiger partial charge in [-0.1, -0.05) is 59.8 Å². The first-order chi connectivity index (χ1) is 12.7. The van der Waals surface area contributed by atoms with Gasteiger partial charge in [-0.3, -0.25) is 4.79 Å². The van der Waals surface area contributed by atoms with E-state index in [4.69, 9.17) is 16.3 Å². The Labute approximate surface area is 161 Å². The van der Waals surface area contributed by atoms with Crippen LogP contribution in [0.3, 0.4) is 0 Å². The highest BCUT2D eigenvalue weighted by Crippen LogP contribution is 2.40. The maximum absolute atomic E-state index is 12.5. The minimum atomic E-state index is 0.0816. The molecule has 0 bridgehead atoms. The van der Waals surface area contributed by atoms with E-state index in [9.17, 15) is 4.79 Å². The fourth-order valence-corrected chi connectivity index (χ4v) is 3.91. The monoisotopic (exact) mass is 378 g/mol. The summed E-state index contributed by atoms with van der Waals surface area (Å²) in [5.74, 6) is 0.848. The lowest BCUT2D eigenvalue weighted by Gasteiger charge is -2.07. The number of ketones is 1. The molecule has 0 spiro atoms. The summed E-state index contributed by atoms with van der Waals surface area (Å²) in [7, 11) is 0. The van der Waals surface area contributed by atoms with E-state index in [2.05, 4.69) is 0 Å². The Morgan fingerprint density at radius 1 is 0.962 bits per heavy atom. The van der Waals surface area contributed by atoms with Crippen molar-refractivity contribution in [1.82, 2.24) is 0 Å². The van der Waals surface area contributed by atoms with Crippen molar-refractivity contribution in [3.63, 3.8) is 0 Å². The molecule has 1 aliphatic rings. The predicted octanol–water partition coefficient (Wildman–Crippen LogP) is 6.25. The quantitative estimate of drug-likeness (QED) is 0.502. The van der Waals surface area contributed by atoms with Crippen LogP contribution in [0.4, 0.5) is 0 Å². The number of halogens is 1. The Kier molecular flexibility index (Phi) is 4.83. The normalized spacial score (nSPS) is 14.5. The number of allylic oxidation sites excluding steroid dienone is 1. The van der Waals surface area contributed by atoms with E-state index in [1.165, 1.54) is 11.8 Å². The van der Waals surface area contributed by atoms with Gasteiger partial charge in [-0.2, -0.15) is 0 Å². The van der Waals surface area contributed by atoms with Crippen molar-refractivity contribution in [2.75, 3.05) is 0 Å². The van der Waals surface area contributed by atoms with E-state index in [-0.39, 0.29) is 5.78 Å². The first-order valence-corrected chi connectivity index (χ1v) is 9.39. The molecular formula is C22H15ClO2S. The van der Waals surface area contributed by atoms with Crippen molar-refractivity contribution in [3.8, 4) is 5.75 Å². The second kappa shape index (κ2) is 7.40. The van der Waals surface area contributed by atoms with Crippen LogP contribution < -0.4 is 4.74 Å². The highest BCUT2D eigenvalue weighted by molar-refractivity contribution is 8.04. The van der Waals surface area contributed by atoms with Crippen LogP contribution in [0.15, 0.2) is 82.6 Å². The van der Waals surface area contributed by atoms with E-state index in [1.807, 2.05) is 78.9 Å². The number of hydrogen-bond donors (Lipinski definition) is 0. The molecule has 0 aromatic heterocycles. The third kappa shape index (κ3) is 3.69. The van der Waals surface area contributed by atoms with Gasteiger partial charge in [0, 0.05) is 15.5 Å². The number of carbonyl (C=O) groups excluding carboxylic acids is 1. The predicted molar refractivity (Wildman–Crippen MR) is 107 cm³/mol. The summed E-state index contributed by atoms with van der Waals surface area (Å²) in [6.07, 6.45) is 1.92. The molecule has 128 valence electrons. The van der Waals surface area contributed by atoms with Crippen molar-refractivity contribution in [2.45, 2.75) is 11.5 Å². The van der Waals surface area contributed by atoms with Gasteiger partial charge in [0.25, 0.3) is 0 Å². The number of carbonyl (C=O) groups is 1. The van der Waals surface area contributed by atoms with Crippen molar-refractivity contribution in [3.05, 3.63) is 99.4 Å². The lowest BCUT2D eigenvalue weighted by Crippen LogP contribution is -1.96. The van der Waals surface area contributed by atoms with Gasteiger partial charge >= 0.3 is 0 Å². The Morgan fingerprint density at radius 2 is 1.77 bits per heavy atom. The van der Waals surface area contributed by atoms with Crippen LogP contribution in [0.25, 0.3) is 6.08 Å². The average Bonchev–Trinajstić information content (AvgIpc) is 2.98. The second-order valence-electron chi connectivity index (χ2n) is 5.92. The molecule has 0 saturated heterocycles. The van der Waals surface area contributed by atoms with Crippen LogP contribution in [-0.2, 0) is 6.61 Å². The van der Waals surface area contributed by atoms with Crippen molar-refractivity contribution < 1.29 is 9.53 Å². The molecule has 0 N–H and O–H groups in total. The van der Waals surface area contributed by atoms with Crippen molar-refractivity contribution >= 4 is 35.2 Å². The highest BCUT2D eigenvalue weighted by atomic mass is 35.5. The molecular weight excluding hydrogens is 364 g/mol. The van der Waals surface area contributed by atoms with Crippen LogP contribution in [0.5, 0.6) is 5.75 Å². The fourth-order valence-electron chi connectivity index (χ4n) is 2.73. The number of hydrogen-bond acceptors (Lipinski definition) is 3. The van der Waals surface area contributed by atoms with Gasteiger partial charge in [-0.05, 0) is 53.6 Å². The molecule has 4 heteroatoms. The molecule has 4 rings (SSSR count). The Balaban J connectivity index is 1.50. The maximum atomic E-state index is 12.5. The minimum absolute atomic E-state index is 0.0816. The Morgan fingerprint density at radius 3 is 2.58 bits per heavy atom. The first kappa shape index (κ1) is 17.0. The molecule has 0 atom stereocenters. The summed E-state index contributed by atoms with van der Waals surface area (Å²) in [6.45, 7) is 0.469. The molecule has 3 aromatic rings. The number of ether oxygens (including phenoxy) is 1. The van der Waals surface area contributed by atoms with E-state index in [1.54, 1.807) is 0 Å². The van der Waals surface area contributed by atoms with Gasteiger partial charge < -0.3 is 4.74 Å². The SMILES string of the molecule is O=C1/C(=C/c2cccc(OCc3ccc(Cl)cc3)c2)Sc2ccccc21. The fraction of sp³-hybridized carbons (Fsp3) is 0.0455. The summed E-state index contributed by atoms with van der Waals surface area (Å²) in [5, 5.41) is 0.710. The molecule has 0 amide bonds. The number of benzene rings is 3. The van der Waals surface area contributed by atoms with E-state index < -0.39 is 0 Å². The van der Waals surface area contributed by atoms with Gasteiger partial charge in [0.1, 0.15) is 12.4 Å². The number of thioether (sulfide) groups is 1. The zero-order valence-corrected chi connectivity index (χ0v) is 15.4. The molecule has 0 saturated carbocycles. The molecule has 0 unspecified atom stereocenters. The van der Waals surface area contributed by atoms with Gasteiger partial charge in [0.05, 0.1) is 4.91 Å². The summed E-state index contributed by atoms with van der Waals surface area (Å²) in [6, 6.07) is 23.0. The van der Waals surface area contributed by atoms with Crippen LogP contribution in [0.1, 0.15) is 21.5 Å². The van der Waals surface area contributed by atoms with Crippen LogP contribution in [0, 0.1) is 0 Å². The number of fused-ring (bicyclic) bond motifs is 1. The van der Waals surface area contributed by atoms with Gasteiger partial charge in [0.15, 0.2) is 0 Å². The Bertz CT molecular complexity index is 993. The molecule has 2 nitrogen and oxygen atoms in total. The first-order valence-electron chi connectivity index (χ1n) is 8.20. The number of rotatable bonds is 4. The zero-order valence-electron chi connectivity index (χ0n) is 13.8. The highest BCUT2D eigenvalue weighted by Gasteiger charge is 2.25. The number of Topliss-reactive ketones (excluding diaryl/α,β-unsaturated/α-hetero) is 1. The molecule has 0 radical (unpaired) electrons. The lowest BCUT2D eigenvalue weighted by atomic mass is 10.1. The van der Waals surface area contributed by atoms with Crippen LogP contribution in [0.2, 0.25) is 5.02 Å². The Hall–Kier alpha value is -2.49. The summed E-state index contributed by atoms with van der Waals surface area (Å²) >= 11 is 7.41.